The minimum atomic E-state index is -0.0344. The van der Waals surface area contributed by atoms with E-state index in [4.69, 9.17) is 4.42 Å². The number of hydrogen-bond donors (Lipinski definition) is 1. The van der Waals surface area contributed by atoms with E-state index in [0.717, 1.165) is 31.9 Å². The standard InChI is InChI=1S/C22H28N6O2/c1-17(2)20(21-23-24-25-28(21)11-10-18-7-4-3-5-8-18)26-12-14-27(15-13-26)22(29)19-9-6-16-30-19/h3-9,16-17,20H,10-15H2,1-2H3/p+1/t20-/m1/s1. The molecule has 3 aromatic rings. The van der Waals surface area contributed by atoms with Gasteiger partial charge in [-0.2, -0.15) is 0 Å². The topological polar surface area (TPSA) is 81.5 Å². The third-order valence-corrected chi connectivity index (χ3v) is 5.82. The van der Waals surface area contributed by atoms with Crippen LogP contribution in [0.15, 0.2) is 53.1 Å². The van der Waals surface area contributed by atoms with Gasteiger partial charge in [-0.25, -0.2) is 4.68 Å². The Morgan fingerprint density at radius 2 is 1.90 bits per heavy atom. The number of quaternary nitrogens is 1. The fourth-order valence-electron chi connectivity index (χ4n) is 4.29. The highest BCUT2D eigenvalue weighted by atomic mass is 16.3. The van der Waals surface area contributed by atoms with Gasteiger partial charge in [0.1, 0.15) is 0 Å². The summed E-state index contributed by atoms with van der Waals surface area (Å²) in [5.74, 6) is 1.69. The summed E-state index contributed by atoms with van der Waals surface area (Å²) in [6.45, 7) is 8.31. The van der Waals surface area contributed by atoms with Crippen molar-refractivity contribution in [2.24, 2.45) is 5.92 Å². The highest BCUT2D eigenvalue weighted by Gasteiger charge is 2.36. The minimum absolute atomic E-state index is 0.0344. The molecule has 0 radical (unpaired) electrons. The van der Waals surface area contributed by atoms with E-state index in [1.54, 1.807) is 18.4 Å². The summed E-state index contributed by atoms with van der Waals surface area (Å²) in [4.78, 5) is 15.9. The lowest BCUT2D eigenvalue weighted by Crippen LogP contribution is -3.15. The SMILES string of the molecule is CC(C)[C@H](c1nnnn1CCc1ccccc1)[NH+]1CCN(C(=O)c2ccco2)CC1. The highest BCUT2D eigenvalue weighted by molar-refractivity contribution is 5.91. The largest absolute Gasteiger partial charge is 0.459 e. The van der Waals surface area contributed by atoms with E-state index in [2.05, 4.69) is 53.6 Å². The maximum atomic E-state index is 12.6. The average Bonchev–Trinajstić information content (AvgIpc) is 3.46. The van der Waals surface area contributed by atoms with Crippen LogP contribution in [0.5, 0.6) is 0 Å². The van der Waals surface area contributed by atoms with Crippen molar-refractivity contribution >= 4 is 5.91 Å². The molecular weight excluding hydrogens is 380 g/mol. The Hall–Kier alpha value is -3.00. The van der Waals surface area contributed by atoms with Gasteiger partial charge in [0.05, 0.1) is 32.4 Å². The first kappa shape index (κ1) is 20.3. The van der Waals surface area contributed by atoms with Crippen LogP contribution in [0.25, 0.3) is 0 Å². The summed E-state index contributed by atoms with van der Waals surface area (Å²) in [7, 11) is 0. The molecule has 30 heavy (non-hydrogen) atoms. The monoisotopic (exact) mass is 409 g/mol. The molecule has 8 heteroatoms. The van der Waals surface area contributed by atoms with Crippen molar-refractivity contribution in [1.82, 2.24) is 25.1 Å². The quantitative estimate of drug-likeness (QED) is 0.635. The molecule has 0 aliphatic carbocycles. The van der Waals surface area contributed by atoms with Crippen LogP contribution in [0.3, 0.4) is 0 Å². The van der Waals surface area contributed by atoms with Gasteiger partial charge < -0.3 is 14.2 Å². The number of tetrazole rings is 1. The number of amides is 1. The van der Waals surface area contributed by atoms with Gasteiger partial charge in [0.15, 0.2) is 11.8 Å². The zero-order chi connectivity index (χ0) is 20.9. The number of aromatic nitrogens is 4. The first-order chi connectivity index (χ1) is 14.6. The molecule has 0 bridgehead atoms. The zero-order valence-electron chi connectivity index (χ0n) is 17.6. The second-order valence-electron chi connectivity index (χ2n) is 8.15. The van der Waals surface area contributed by atoms with Gasteiger partial charge in [-0.3, -0.25) is 4.79 Å². The van der Waals surface area contributed by atoms with Crippen molar-refractivity contribution in [3.63, 3.8) is 0 Å². The van der Waals surface area contributed by atoms with Crippen molar-refractivity contribution in [2.75, 3.05) is 26.2 Å². The number of rotatable bonds is 7. The molecule has 0 saturated carbocycles. The molecule has 4 rings (SSSR count). The molecule has 3 heterocycles. The maximum Gasteiger partial charge on any atom is 0.289 e. The Balaban J connectivity index is 1.43. The fraction of sp³-hybridized carbons (Fsp3) is 0.455. The number of hydrogen-bond acceptors (Lipinski definition) is 5. The number of piperazine rings is 1. The summed E-state index contributed by atoms with van der Waals surface area (Å²) in [5.41, 5.74) is 1.28. The van der Waals surface area contributed by atoms with Gasteiger partial charge in [-0.15, -0.1) is 5.10 Å². The van der Waals surface area contributed by atoms with Crippen molar-refractivity contribution in [3.05, 3.63) is 65.9 Å². The Morgan fingerprint density at radius 3 is 2.57 bits per heavy atom. The predicted molar refractivity (Wildman–Crippen MR) is 111 cm³/mol. The summed E-state index contributed by atoms with van der Waals surface area (Å²) >= 11 is 0. The van der Waals surface area contributed by atoms with E-state index < -0.39 is 0 Å². The minimum Gasteiger partial charge on any atom is -0.459 e. The third kappa shape index (κ3) is 4.43. The third-order valence-electron chi connectivity index (χ3n) is 5.82. The Labute approximate surface area is 176 Å². The number of carbonyl (C=O) groups excluding carboxylic acids is 1. The molecule has 158 valence electrons. The van der Waals surface area contributed by atoms with Crippen LogP contribution in [0.2, 0.25) is 0 Å². The summed E-state index contributed by atoms with van der Waals surface area (Å²) in [5, 5.41) is 12.7. The van der Waals surface area contributed by atoms with Crippen molar-refractivity contribution < 1.29 is 14.1 Å². The zero-order valence-corrected chi connectivity index (χ0v) is 17.6. The van der Waals surface area contributed by atoms with E-state index in [0.29, 0.717) is 24.8 Å². The fourth-order valence-corrected chi connectivity index (χ4v) is 4.29. The van der Waals surface area contributed by atoms with Crippen LogP contribution in [0.4, 0.5) is 0 Å². The molecule has 2 aromatic heterocycles. The van der Waals surface area contributed by atoms with E-state index in [9.17, 15) is 4.79 Å². The van der Waals surface area contributed by atoms with E-state index in [-0.39, 0.29) is 11.9 Å². The Bertz CT molecular complexity index is 930. The lowest BCUT2D eigenvalue weighted by Gasteiger charge is -2.37. The van der Waals surface area contributed by atoms with Gasteiger partial charge in [-0.05, 0) is 34.5 Å². The number of aryl methyl sites for hydroxylation is 2. The van der Waals surface area contributed by atoms with Gasteiger partial charge in [0.2, 0.25) is 5.82 Å². The molecule has 1 fully saturated rings. The highest BCUT2D eigenvalue weighted by Crippen LogP contribution is 2.17. The predicted octanol–water partition coefficient (Wildman–Crippen LogP) is 1.25. The van der Waals surface area contributed by atoms with Gasteiger partial charge in [0.25, 0.3) is 5.91 Å². The van der Waals surface area contributed by atoms with Crippen molar-refractivity contribution in [3.8, 4) is 0 Å². The average molecular weight is 410 g/mol. The van der Waals surface area contributed by atoms with Crippen molar-refractivity contribution in [2.45, 2.75) is 32.9 Å². The number of benzene rings is 1. The smallest absolute Gasteiger partial charge is 0.289 e. The molecule has 1 N–H and O–H groups in total. The molecule has 0 spiro atoms. The second kappa shape index (κ2) is 9.21. The van der Waals surface area contributed by atoms with E-state index >= 15 is 0 Å². The summed E-state index contributed by atoms with van der Waals surface area (Å²) < 4.78 is 7.22. The number of furan rings is 1. The molecule has 0 unspecified atom stereocenters. The van der Waals surface area contributed by atoms with Crippen LogP contribution in [-0.4, -0.2) is 57.2 Å². The number of nitrogens with one attached hydrogen (secondary N) is 1. The summed E-state index contributed by atoms with van der Waals surface area (Å²) in [6, 6.07) is 14.1. The first-order valence-electron chi connectivity index (χ1n) is 10.6. The van der Waals surface area contributed by atoms with Gasteiger partial charge >= 0.3 is 0 Å². The van der Waals surface area contributed by atoms with Crippen LogP contribution < -0.4 is 4.90 Å². The maximum absolute atomic E-state index is 12.6. The van der Waals surface area contributed by atoms with E-state index in [1.807, 2.05) is 15.6 Å². The molecular formula is C22H29N6O2+. The normalized spacial score (nSPS) is 16.2. The molecule has 8 nitrogen and oxygen atoms in total. The molecule has 1 aliphatic rings. The molecule has 1 aromatic carbocycles. The van der Waals surface area contributed by atoms with Crippen molar-refractivity contribution in [1.29, 1.82) is 0 Å². The van der Waals surface area contributed by atoms with Gasteiger partial charge in [0, 0.05) is 12.5 Å². The number of carbonyl (C=O) groups is 1. The first-order valence-corrected chi connectivity index (χ1v) is 10.6. The summed E-state index contributed by atoms with van der Waals surface area (Å²) in [6.07, 6.45) is 2.43. The Kier molecular flexibility index (Phi) is 6.23. The van der Waals surface area contributed by atoms with Crippen LogP contribution >= 0.6 is 0 Å². The second-order valence-corrected chi connectivity index (χ2v) is 8.15. The number of nitrogens with zero attached hydrogens (tertiary/aromatic N) is 5. The lowest BCUT2D eigenvalue weighted by atomic mass is 10.0. The van der Waals surface area contributed by atoms with Crippen LogP contribution in [0.1, 0.15) is 41.8 Å². The lowest BCUT2D eigenvalue weighted by molar-refractivity contribution is -0.940. The van der Waals surface area contributed by atoms with Crippen LogP contribution in [-0.2, 0) is 13.0 Å². The van der Waals surface area contributed by atoms with Gasteiger partial charge in [-0.1, -0.05) is 44.2 Å². The Morgan fingerprint density at radius 1 is 1.13 bits per heavy atom. The molecule has 1 saturated heterocycles. The molecule has 1 atom stereocenters. The van der Waals surface area contributed by atoms with E-state index in [1.165, 1.54) is 10.5 Å². The van der Waals surface area contributed by atoms with Crippen LogP contribution in [0, 0.1) is 5.92 Å². The molecule has 1 aliphatic heterocycles. The molecule has 1 amide bonds.